The predicted octanol–water partition coefficient (Wildman–Crippen LogP) is 4.47. The molecule has 0 unspecified atom stereocenters. The molecule has 140 valence electrons. The van der Waals surface area contributed by atoms with E-state index in [0.717, 1.165) is 27.5 Å². The number of fused-ring (bicyclic) bond motifs is 2. The molecule has 0 saturated heterocycles. The Balaban J connectivity index is 1.94. The molecule has 4 aromatic rings. The summed E-state index contributed by atoms with van der Waals surface area (Å²) in [7, 11) is 1.78. The Kier molecular flexibility index (Phi) is 4.08. The molecule has 0 N–H and O–H groups in total. The van der Waals surface area contributed by atoms with Crippen LogP contribution < -0.4 is 5.69 Å². The minimum Gasteiger partial charge on any atom is -0.295 e. The van der Waals surface area contributed by atoms with Crippen LogP contribution in [0.25, 0.3) is 33.2 Å². The van der Waals surface area contributed by atoms with E-state index in [9.17, 15) is 10.1 Å². The topological polar surface area (TPSA) is 63.6 Å². The number of aromatic nitrogens is 3. The van der Waals surface area contributed by atoms with Crippen LogP contribution in [0.5, 0.6) is 0 Å². The van der Waals surface area contributed by atoms with Crippen molar-refractivity contribution in [2.75, 3.05) is 0 Å². The molecule has 0 spiro atoms. The van der Waals surface area contributed by atoms with Crippen molar-refractivity contribution in [3.8, 4) is 17.3 Å². The van der Waals surface area contributed by atoms with Crippen LogP contribution in [0.3, 0.4) is 0 Å². The maximum Gasteiger partial charge on any atom is 0.328 e. The molecule has 0 aliphatic carbocycles. The van der Waals surface area contributed by atoms with Crippen molar-refractivity contribution in [1.29, 1.82) is 5.26 Å². The second-order valence-corrected chi connectivity index (χ2v) is 8.38. The molecule has 4 rings (SSSR count). The van der Waals surface area contributed by atoms with Gasteiger partial charge in [0.25, 0.3) is 0 Å². The van der Waals surface area contributed by atoms with E-state index in [4.69, 9.17) is 4.98 Å². The second kappa shape index (κ2) is 6.35. The molecule has 0 saturated carbocycles. The summed E-state index contributed by atoms with van der Waals surface area (Å²) < 4.78 is 3.48. The Morgan fingerprint density at radius 3 is 2.54 bits per heavy atom. The molecule has 0 aliphatic heterocycles. The van der Waals surface area contributed by atoms with E-state index >= 15 is 0 Å². The molecule has 0 amide bonds. The van der Waals surface area contributed by atoms with Crippen molar-refractivity contribution in [3.05, 3.63) is 64.6 Å². The lowest BCUT2D eigenvalue weighted by atomic mass is 9.97. The van der Waals surface area contributed by atoms with Crippen molar-refractivity contribution in [3.63, 3.8) is 0 Å². The van der Waals surface area contributed by atoms with Crippen molar-refractivity contribution in [2.45, 2.75) is 27.3 Å². The molecule has 0 aliphatic rings. The third-order valence-electron chi connectivity index (χ3n) is 4.90. The average Bonchev–Trinajstić information content (AvgIpc) is 2.90. The summed E-state index contributed by atoms with van der Waals surface area (Å²) in [6.07, 6.45) is 0. The number of imidazole rings is 1. The van der Waals surface area contributed by atoms with Crippen molar-refractivity contribution >= 4 is 21.9 Å². The fraction of sp³-hybridized carbons (Fsp3) is 0.261. The van der Waals surface area contributed by atoms with E-state index in [1.165, 1.54) is 0 Å². The van der Waals surface area contributed by atoms with Gasteiger partial charge >= 0.3 is 5.69 Å². The molecule has 0 radical (unpaired) electrons. The third kappa shape index (κ3) is 2.97. The summed E-state index contributed by atoms with van der Waals surface area (Å²) in [5.74, 6) is 0. The lowest BCUT2D eigenvalue weighted by Crippen LogP contribution is -2.27. The number of nitriles is 1. The van der Waals surface area contributed by atoms with Crippen LogP contribution in [0.1, 0.15) is 26.3 Å². The van der Waals surface area contributed by atoms with E-state index in [-0.39, 0.29) is 11.1 Å². The SMILES string of the molecule is Cn1c(=O)n(CC(C)(C)C)c2ccc(-c3nc4ccccc4cc3C#N)cc21. The molecule has 2 heterocycles. The first-order valence-electron chi connectivity index (χ1n) is 9.28. The second-order valence-electron chi connectivity index (χ2n) is 8.38. The van der Waals surface area contributed by atoms with E-state index in [1.807, 2.05) is 53.1 Å². The summed E-state index contributed by atoms with van der Waals surface area (Å²) in [5, 5.41) is 10.6. The molecular formula is C23H22N4O. The lowest BCUT2D eigenvalue weighted by Gasteiger charge is -2.18. The third-order valence-corrected chi connectivity index (χ3v) is 4.90. The maximum absolute atomic E-state index is 12.8. The Labute approximate surface area is 163 Å². The van der Waals surface area contributed by atoms with Crippen LogP contribution >= 0.6 is 0 Å². The standard InChI is InChI=1S/C23H22N4O/c1-23(2,3)14-27-19-10-9-16(12-20(19)26(4)22(27)28)21-17(13-24)11-15-7-5-6-8-18(15)25-21/h5-12H,14H2,1-4H3. The van der Waals surface area contributed by atoms with Gasteiger partial charge in [-0.2, -0.15) is 5.26 Å². The van der Waals surface area contributed by atoms with Gasteiger partial charge in [0.05, 0.1) is 27.8 Å². The molecule has 5 heteroatoms. The van der Waals surface area contributed by atoms with Gasteiger partial charge in [0, 0.05) is 24.5 Å². The van der Waals surface area contributed by atoms with Crippen LogP contribution in [0, 0.1) is 16.7 Å². The minimum absolute atomic E-state index is 0.00927. The zero-order valence-corrected chi connectivity index (χ0v) is 16.5. The van der Waals surface area contributed by atoms with E-state index < -0.39 is 0 Å². The summed E-state index contributed by atoms with van der Waals surface area (Å²) in [6.45, 7) is 6.99. The minimum atomic E-state index is -0.0333. The van der Waals surface area contributed by atoms with E-state index in [2.05, 4.69) is 26.8 Å². The average molecular weight is 370 g/mol. The highest BCUT2D eigenvalue weighted by atomic mass is 16.1. The predicted molar refractivity (Wildman–Crippen MR) is 112 cm³/mol. The van der Waals surface area contributed by atoms with Gasteiger partial charge in [0.2, 0.25) is 0 Å². The van der Waals surface area contributed by atoms with Gasteiger partial charge in [-0.05, 0) is 29.7 Å². The van der Waals surface area contributed by atoms with Crippen LogP contribution in [0.15, 0.2) is 53.3 Å². The molecule has 5 nitrogen and oxygen atoms in total. The number of hydrogen-bond acceptors (Lipinski definition) is 3. The number of nitrogens with zero attached hydrogens (tertiary/aromatic N) is 4. The van der Waals surface area contributed by atoms with Crippen molar-refractivity contribution in [1.82, 2.24) is 14.1 Å². The smallest absolute Gasteiger partial charge is 0.295 e. The van der Waals surface area contributed by atoms with Gasteiger partial charge in [0.15, 0.2) is 0 Å². The highest BCUT2D eigenvalue weighted by Gasteiger charge is 2.19. The summed E-state index contributed by atoms with van der Waals surface area (Å²) in [6, 6.07) is 17.7. The largest absolute Gasteiger partial charge is 0.328 e. The Bertz CT molecular complexity index is 1310. The highest BCUT2D eigenvalue weighted by molar-refractivity contribution is 5.87. The van der Waals surface area contributed by atoms with Gasteiger partial charge in [-0.1, -0.05) is 45.0 Å². The molecule has 0 atom stereocenters. The van der Waals surface area contributed by atoms with Crippen molar-refractivity contribution < 1.29 is 0 Å². The number of pyridine rings is 1. The van der Waals surface area contributed by atoms with Gasteiger partial charge in [-0.25, -0.2) is 9.78 Å². The number of rotatable bonds is 2. The van der Waals surface area contributed by atoms with Crippen molar-refractivity contribution in [2.24, 2.45) is 12.5 Å². The molecular weight excluding hydrogens is 348 g/mol. The first-order chi connectivity index (χ1) is 13.3. The van der Waals surface area contributed by atoms with E-state index in [1.54, 1.807) is 11.6 Å². The van der Waals surface area contributed by atoms with Crippen LogP contribution in [0.4, 0.5) is 0 Å². The molecule has 0 bridgehead atoms. The fourth-order valence-electron chi connectivity index (χ4n) is 3.60. The quantitative estimate of drug-likeness (QED) is 0.523. The zero-order chi connectivity index (χ0) is 20.1. The molecule has 2 aromatic carbocycles. The number of hydrogen-bond donors (Lipinski definition) is 0. The monoisotopic (exact) mass is 370 g/mol. The Morgan fingerprint density at radius 1 is 1.07 bits per heavy atom. The number of benzene rings is 2. The van der Waals surface area contributed by atoms with Crippen LogP contribution in [0.2, 0.25) is 0 Å². The van der Waals surface area contributed by atoms with Crippen LogP contribution in [-0.2, 0) is 13.6 Å². The van der Waals surface area contributed by atoms with Gasteiger partial charge in [-0.3, -0.25) is 9.13 Å². The normalized spacial score (nSPS) is 11.8. The first kappa shape index (κ1) is 18.0. The van der Waals surface area contributed by atoms with Gasteiger partial charge in [-0.15, -0.1) is 0 Å². The number of para-hydroxylation sites is 1. The van der Waals surface area contributed by atoms with E-state index in [0.29, 0.717) is 17.8 Å². The molecule has 28 heavy (non-hydrogen) atoms. The fourth-order valence-corrected chi connectivity index (χ4v) is 3.60. The number of aryl methyl sites for hydroxylation is 1. The highest BCUT2D eigenvalue weighted by Crippen LogP contribution is 2.28. The van der Waals surface area contributed by atoms with Gasteiger partial charge in [0.1, 0.15) is 6.07 Å². The molecule has 0 fully saturated rings. The first-order valence-corrected chi connectivity index (χ1v) is 9.28. The Morgan fingerprint density at radius 2 is 1.82 bits per heavy atom. The zero-order valence-electron chi connectivity index (χ0n) is 16.5. The van der Waals surface area contributed by atoms with Gasteiger partial charge < -0.3 is 0 Å². The maximum atomic E-state index is 12.8. The summed E-state index contributed by atoms with van der Waals surface area (Å²) >= 11 is 0. The summed E-state index contributed by atoms with van der Waals surface area (Å²) in [4.78, 5) is 17.5. The molecule has 2 aromatic heterocycles. The Hall–Kier alpha value is -3.39. The van der Waals surface area contributed by atoms with Crippen LogP contribution in [-0.4, -0.2) is 14.1 Å². The summed E-state index contributed by atoms with van der Waals surface area (Å²) in [5.41, 5.74) is 4.53. The lowest BCUT2D eigenvalue weighted by molar-refractivity contribution is 0.342.